The number of nitrogens with two attached hydrogens (primary N) is 1. The third kappa shape index (κ3) is 1.81. The van der Waals surface area contributed by atoms with Crippen molar-refractivity contribution in [3.05, 3.63) is 29.3 Å². The van der Waals surface area contributed by atoms with E-state index in [1.165, 1.54) is 19.2 Å². The van der Waals surface area contributed by atoms with Gasteiger partial charge < -0.3 is 10.5 Å². The second-order valence-electron chi connectivity index (χ2n) is 3.91. The summed E-state index contributed by atoms with van der Waals surface area (Å²) in [4.78, 5) is 0. The molecule has 1 saturated carbocycles. The fourth-order valence-electron chi connectivity index (χ4n) is 1.69. The molecule has 1 aliphatic carbocycles. The molecule has 82 valence electrons. The third-order valence-electron chi connectivity index (χ3n) is 2.82. The molecule has 0 heterocycles. The van der Waals surface area contributed by atoms with Crippen LogP contribution in [0.15, 0.2) is 18.2 Å². The molecule has 1 fully saturated rings. The summed E-state index contributed by atoms with van der Waals surface area (Å²) in [5, 5.41) is 0. The molecule has 0 unspecified atom stereocenters. The van der Waals surface area contributed by atoms with Crippen LogP contribution in [0, 0.1) is 0 Å². The Kier molecular flexibility index (Phi) is 2.38. The first kappa shape index (κ1) is 10.4. The Morgan fingerprint density at radius 3 is 2.53 bits per heavy atom. The fourth-order valence-corrected chi connectivity index (χ4v) is 1.69. The van der Waals surface area contributed by atoms with Crippen molar-refractivity contribution in [2.45, 2.75) is 24.8 Å². The molecule has 2 rings (SSSR count). The minimum Gasteiger partial charge on any atom is -0.497 e. The minimum absolute atomic E-state index is 0.0239. The van der Waals surface area contributed by atoms with Gasteiger partial charge in [-0.3, -0.25) is 0 Å². The Hall–Kier alpha value is -1.16. The minimum atomic E-state index is -2.48. The summed E-state index contributed by atoms with van der Waals surface area (Å²) in [5.41, 5.74) is 5.93. The number of rotatable bonds is 3. The van der Waals surface area contributed by atoms with Gasteiger partial charge in [0.25, 0.3) is 6.43 Å². The average Bonchev–Trinajstić information content (AvgIpc) is 2.97. The largest absolute Gasteiger partial charge is 0.497 e. The van der Waals surface area contributed by atoms with Crippen molar-refractivity contribution in [2.75, 3.05) is 7.11 Å². The summed E-state index contributed by atoms with van der Waals surface area (Å²) in [5.74, 6) is 0.575. The van der Waals surface area contributed by atoms with Crippen molar-refractivity contribution in [1.29, 1.82) is 0 Å². The Labute approximate surface area is 87.0 Å². The van der Waals surface area contributed by atoms with Gasteiger partial charge in [0.2, 0.25) is 0 Å². The van der Waals surface area contributed by atoms with Gasteiger partial charge in [-0.05, 0) is 36.6 Å². The number of hydrogen-bond acceptors (Lipinski definition) is 2. The number of hydrogen-bond donors (Lipinski definition) is 1. The average molecular weight is 213 g/mol. The molecule has 0 aliphatic heterocycles. The molecule has 0 atom stereocenters. The lowest BCUT2D eigenvalue weighted by Gasteiger charge is -2.15. The predicted molar refractivity (Wildman–Crippen MR) is 53.1 cm³/mol. The fraction of sp³-hybridized carbons (Fsp3) is 0.455. The van der Waals surface area contributed by atoms with Gasteiger partial charge in [0, 0.05) is 11.1 Å². The highest BCUT2D eigenvalue weighted by molar-refractivity contribution is 5.43. The van der Waals surface area contributed by atoms with Gasteiger partial charge in [-0.25, -0.2) is 8.78 Å². The van der Waals surface area contributed by atoms with Gasteiger partial charge in [0.05, 0.1) is 7.11 Å². The van der Waals surface area contributed by atoms with Crippen LogP contribution in [-0.4, -0.2) is 7.11 Å². The van der Waals surface area contributed by atoms with Crippen LogP contribution in [0.3, 0.4) is 0 Å². The van der Waals surface area contributed by atoms with Gasteiger partial charge in [-0.15, -0.1) is 0 Å². The number of methoxy groups -OCH3 is 1. The molecular weight excluding hydrogens is 200 g/mol. The van der Waals surface area contributed by atoms with Crippen LogP contribution >= 0.6 is 0 Å². The van der Waals surface area contributed by atoms with Gasteiger partial charge in [-0.2, -0.15) is 0 Å². The van der Waals surface area contributed by atoms with Gasteiger partial charge in [-0.1, -0.05) is 0 Å². The molecule has 0 saturated heterocycles. The maximum Gasteiger partial charge on any atom is 0.264 e. The summed E-state index contributed by atoms with van der Waals surface area (Å²) in [7, 11) is 1.51. The number of ether oxygens (including phenoxy) is 1. The number of alkyl halides is 2. The number of halogens is 2. The topological polar surface area (TPSA) is 35.2 Å². The van der Waals surface area contributed by atoms with Crippen LogP contribution in [0.25, 0.3) is 0 Å². The zero-order valence-corrected chi connectivity index (χ0v) is 8.47. The van der Waals surface area contributed by atoms with Crippen LogP contribution in [0.4, 0.5) is 8.78 Å². The summed E-state index contributed by atoms with van der Waals surface area (Å²) < 4.78 is 30.5. The molecule has 1 aliphatic rings. The van der Waals surface area contributed by atoms with E-state index < -0.39 is 12.0 Å². The first-order valence-corrected chi connectivity index (χ1v) is 4.82. The Morgan fingerprint density at radius 2 is 2.07 bits per heavy atom. The van der Waals surface area contributed by atoms with Crippen molar-refractivity contribution >= 4 is 0 Å². The van der Waals surface area contributed by atoms with Crippen molar-refractivity contribution in [1.82, 2.24) is 0 Å². The van der Waals surface area contributed by atoms with E-state index in [0.717, 1.165) is 12.8 Å². The molecule has 0 amide bonds. The smallest absolute Gasteiger partial charge is 0.264 e. The SMILES string of the molecule is COc1ccc(C(F)F)c(C2(N)CC2)c1. The van der Waals surface area contributed by atoms with Crippen molar-refractivity contribution in [3.8, 4) is 5.75 Å². The van der Waals surface area contributed by atoms with E-state index in [0.29, 0.717) is 11.3 Å². The van der Waals surface area contributed by atoms with E-state index in [1.54, 1.807) is 6.07 Å². The van der Waals surface area contributed by atoms with Gasteiger partial charge in [0.15, 0.2) is 0 Å². The molecule has 15 heavy (non-hydrogen) atoms. The molecule has 4 heteroatoms. The van der Waals surface area contributed by atoms with E-state index in [1.807, 2.05) is 0 Å². The van der Waals surface area contributed by atoms with Crippen LogP contribution in [0.1, 0.15) is 30.4 Å². The Morgan fingerprint density at radius 1 is 1.40 bits per heavy atom. The summed E-state index contributed by atoms with van der Waals surface area (Å²) >= 11 is 0. The van der Waals surface area contributed by atoms with E-state index >= 15 is 0 Å². The van der Waals surface area contributed by atoms with E-state index in [-0.39, 0.29) is 5.56 Å². The molecule has 1 aromatic rings. The van der Waals surface area contributed by atoms with Crippen LogP contribution in [-0.2, 0) is 5.54 Å². The lowest BCUT2D eigenvalue weighted by Crippen LogP contribution is -2.21. The molecule has 0 radical (unpaired) electrons. The van der Waals surface area contributed by atoms with Crippen LogP contribution < -0.4 is 10.5 Å². The molecule has 2 nitrogen and oxygen atoms in total. The maximum atomic E-state index is 12.7. The first-order valence-electron chi connectivity index (χ1n) is 4.82. The molecule has 0 bridgehead atoms. The van der Waals surface area contributed by atoms with Crippen molar-refractivity contribution < 1.29 is 13.5 Å². The normalized spacial score (nSPS) is 17.9. The van der Waals surface area contributed by atoms with Gasteiger partial charge in [0.1, 0.15) is 5.75 Å². The molecular formula is C11H13F2NO. The second-order valence-corrected chi connectivity index (χ2v) is 3.91. The Balaban J connectivity index is 2.46. The zero-order valence-electron chi connectivity index (χ0n) is 8.47. The summed E-state index contributed by atoms with van der Waals surface area (Å²) in [6, 6.07) is 4.55. The van der Waals surface area contributed by atoms with E-state index in [4.69, 9.17) is 10.5 Å². The molecule has 0 aromatic heterocycles. The second kappa shape index (κ2) is 3.45. The highest BCUT2D eigenvalue weighted by atomic mass is 19.3. The lowest BCUT2D eigenvalue weighted by molar-refractivity contribution is 0.149. The highest BCUT2D eigenvalue weighted by Crippen LogP contribution is 2.46. The lowest BCUT2D eigenvalue weighted by atomic mass is 9.99. The van der Waals surface area contributed by atoms with Gasteiger partial charge >= 0.3 is 0 Å². The monoisotopic (exact) mass is 213 g/mol. The summed E-state index contributed by atoms with van der Waals surface area (Å²) in [6.45, 7) is 0. The van der Waals surface area contributed by atoms with Crippen molar-refractivity contribution in [3.63, 3.8) is 0 Å². The molecule has 2 N–H and O–H groups in total. The van der Waals surface area contributed by atoms with E-state index in [2.05, 4.69) is 0 Å². The number of benzene rings is 1. The standard InChI is InChI=1S/C11H13F2NO/c1-15-7-2-3-8(10(12)13)9(6-7)11(14)4-5-11/h2-3,6,10H,4-5,14H2,1H3. The molecule has 1 aromatic carbocycles. The van der Waals surface area contributed by atoms with E-state index in [9.17, 15) is 8.78 Å². The summed E-state index contributed by atoms with van der Waals surface area (Å²) in [6.07, 6.45) is -0.952. The Bertz CT molecular complexity index is 375. The zero-order chi connectivity index (χ0) is 11.1. The predicted octanol–water partition coefficient (Wildman–Crippen LogP) is 2.58. The van der Waals surface area contributed by atoms with Crippen molar-refractivity contribution in [2.24, 2.45) is 5.73 Å². The van der Waals surface area contributed by atoms with Crippen LogP contribution in [0.2, 0.25) is 0 Å². The molecule has 0 spiro atoms. The van der Waals surface area contributed by atoms with Crippen LogP contribution in [0.5, 0.6) is 5.75 Å². The quantitative estimate of drug-likeness (QED) is 0.837. The maximum absolute atomic E-state index is 12.7. The highest BCUT2D eigenvalue weighted by Gasteiger charge is 2.42. The third-order valence-corrected chi connectivity index (χ3v) is 2.82. The first-order chi connectivity index (χ1) is 7.07.